The van der Waals surface area contributed by atoms with Gasteiger partial charge in [-0.25, -0.2) is 4.39 Å². The monoisotopic (exact) mass is 399 g/mol. The maximum absolute atomic E-state index is 13.3. The zero-order chi connectivity index (χ0) is 17.6. The molecular weight excluding hydrogens is 381 g/mol. The first-order valence-corrected chi connectivity index (χ1v) is 8.86. The summed E-state index contributed by atoms with van der Waals surface area (Å²) >= 11 is 3.51. The lowest BCUT2D eigenvalue weighted by Crippen LogP contribution is -2.05. The van der Waals surface area contributed by atoms with Gasteiger partial charge < -0.3 is 10.1 Å². The predicted octanol–water partition coefficient (Wildman–Crippen LogP) is 6.09. The van der Waals surface area contributed by atoms with Gasteiger partial charge in [0.2, 0.25) is 0 Å². The number of rotatable bonds is 6. The van der Waals surface area contributed by atoms with Crippen LogP contribution in [0.25, 0.3) is 0 Å². The van der Waals surface area contributed by atoms with Crippen LogP contribution in [0.15, 0.2) is 71.2 Å². The van der Waals surface area contributed by atoms with Crippen LogP contribution in [0.5, 0.6) is 5.75 Å². The molecule has 0 bridgehead atoms. The standard InChI is InChI=1S/C21H19BrFNO/c1-15-5-2-3-8-20(15)24-13-17-12-18(22)9-10-21(17)25-14-16-6-4-7-19(23)11-16/h2-12,24H,13-14H2,1H3. The van der Waals surface area contributed by atoms with E-state index in [1.165, 1.54) is 17.7 Å². The van der Waals surface area contributed by atoms with Crippen LogP contribution in [0.4, 0.5) is 10.1 Å². The van der Waals surface area contributed by atoms with E-state index >= 15 is 0 Å². The molecule has 0 saturated carbocycles. The summed E-state index contributed by atoms with van der Waals surface area (Å²) in [6, 6.07) is 20.5. The van der Waals surface area contributed by atoms with Crippen molar-refractivity contribution in [2.75, 3.05) is 5.32 Å². The zero-order valence-corrected chi connectivity index (χ0v) is 15.5. The lowest BCUT2D eigenvalue weighted by Gasteiger charge is -2.14. The summed E-state index contributed by atoms with van der Waals surface area (Å²) in [6.07, 6.45) is 0. The molecular formula is C21H19BrFNO. The second-order valence-electron chi connectivity index (χ2n) is 5.84. The van der Waals surface area contributed by atoms with Crippen LogP contribution in [0.1, 0.15) is 16.7 Å². The van der Waals surface area contributed by atoms with Crippen LogP contribution in [-0.4, -0.2) is 0 Å². The predicted molar refractivity (Wildman–Crippen MR) is 103 cm³/mol. The number of halogens is 2. The van der Waals surface area contributed by atoms with Crippen LogP contribution in [-0.2, 0) is 13.2 Å². The molecule has 0 aliphatic heterocycles. The van der Waals surface area contributed by atoms with Crippen molar-refractivity contribution in [3.63, 3.8) is 0 Å². The van der Waals surface area contributed by atoms with E-state index in [4.69, 9.17) is 4.74 Å². The number of para-hydroxylation sites is 1. The quantitative estimate of drug-likeness (QED) is 0.541. The van der Waals surface area contributed by atoms with Crippen LogP contribution >= 0.6 is 15.9 Å². The summed E-state index contributed by atoms with van der Waals surface area (Å²) in [5, 5.41) is 3.44. The highest BCUT2D eigenvalue weighted by Gasteiger charge is 2.07. The van der Waals surface area contributed by atoms with Crippen LogP contribution < -0.4 is 10.1 Å². The van der Waals surface area contributed by atoms with Crippen molar-refractivity contribution in [1.29, 1.82) is 0 Å². The molecule has 4 heteroatoms. The first-order valence-electron chi connectivity index (χ1n) is 8.07. The van der Waals surface area contributed by atoms with E-state index in [1.807, 2.05) is 36.4 Å². The maximum Gasteiger partial charge on any atom is 0.124 e. The van der Waals surface area contributed by atoms with Crippen LogP contribution in [0.2, 0.25) is 0 Å². The fraction of sp³-hybridized carbons (Fsp3) is 0.143. The van der Waals surface area contributed by atoms with Crippen LogP contribution in [0.3, 0.4) is 0 Å². The molecule has 0 fully saturated rings. The third kappa shape index (κ3) is 4.83. The number of nitrogens with one attached hydrogen (secondary N) is 1. The second-order valence-corrected chi connectivity index (χ2v) is 6.75. The van der Waals surface area contributed by atoms with Gasteiger partial charge in [0.15, 0.2) is 0 Å². The summed E-state index contributed by atoms with van der Waals surface area (Å²) in [4.78, 5) is 0. The molecule has 2 nitrogen and oxygen atoms in total. The van der Waals surface area contributed by atoms with Gasteiger partial charge in [0.25, 0.3) is 0 Å². The number of ether oxygens (including phenoxy) is 1. The summed E-state index contributed by atoms with van der Waals surface area (Å²) in [5.74, 6) is 0.534. The second kappa shape index (κ2) is 8.17. The number of anilines is 1. The summed E-state index contributed by atoms with van der Waals surface area (Å²) in [6.45, 7) is 3.05. The molecule has 0 aromatic heterocycles. The fourth-order valence-electron chi connectivity index (χ4n) is 2.58. The molecule has 0 spiro atoms. The normalized spacial score (nSPS) is 10.5. The summed E-state index contributed by atoms with van der Waals surface area (Å²) in [7, 11) is 0. The van der Waals surface area contributed by atoms with Crippen molar-refractivity contribution >= 4 is 21.6 Å². The molecule has 0 atom stereocenters. The Morgan fingerprint density at radius 1 is 1.00 bits per heavy atom. The fourth-order valence-corrected chi connectivity index (χ4v) is 2.99. The van der Waals surface area contributed by atoms with E-state index < -0.39 is 0 Å². The van der Waals surface area contributed by atoms with Gasteiger partial charge in [-0.15, -0.1) is 0 Å². The lowest BCUT2D eigenvalue weighted by atomic mass is 10.1. The average Bonchev–Trinajstić information content (AvgIpc) is 2.60. The molecule has 128 valence electrons. The number of aryl methyl sites for hydroxylation is 1. The Labute approximate surface area is 155 Å². The highest BCUT2D eigenvalue weighted by atomic mass is 79.9. The van der Waals surface area contributed by atoms with E-state index in [1.54, 1.807) is 6.07 Å². The van der Waals surface area contributed by atoms with Gasteiger partial charge >= 0.3 is 0 Å². The Hall–Kier alpha value is -2.33. The maximum atomic E-state index is 13.3. The first-order chi connectivity index (χ1) is 12.1. The van der Waals surface area contributed by atoms with E-state index in [0.717, 1.165) is 27.0 Å². The lowest BCUT2D eigenvalue weighted by molar-refractivity contribution is 0.302. The number of hydrogen-bond acceptors (Lipinski definition) is 2. The molecule has 3 aromatic carbocycles. The first kappa shape index (κ1) is 17.5. The van der Waals surface area contributed by atoms with Gasteiger partial charge in [0, 0.05) is 22.3 Å². The molecule has 0 saturated heterocycles. The van der Waals surface area contributed by atoms with Gasteiger partial charge in [-0.05, 0) is 54.4 Å². The Morgan fingerprint density at radius 2 is 1.84 bits per heavy atom. The van der Waals surface area contributed by atoms with E-state index in [2.05, 4.69) is 40.3 Å². The Morgan fingerprint density at radius 3 is 2.64 bits per heavy atom. The summed E-state index contributed by atoms with van der Waals surface area (Å²) < 4.78 is 20.2. The highest BCUT2D eigenvalue weighted by molar-refractivity contribution is 9.10. The van der Waals surface area contributed by atoms with Crippen LogP contribution in [0, 0.1) is 12.7 Å². The largest absolute Gasteiger partial charge is 0.489 e. The molecule has 0 amide bonds. The van der Waals surface area contributed by atoms with Gasteiger partial charge in [-0.2, -0.15) is 0 Å². The Kier molecular flexibility index (Phi) is 5.71. The minimum atomic E-state index is -0.252. The zero-order valence-electron chi connectivity index (χ0n) is 13.9. The summed E-state index contributed by atoms with van der Waals surface area (Å²) in [5.41, 5.74) is 4.13. The van der Waals surface area contributed by atoms with Gasteiger partial charge in [0.1, 0.15) is 18.2 Å². The van der Waals surface area contributed by atoms with Gasteiger partial charge in [-0.3, -0.25) is 0 Å². The number of hydrogen-bond donors (Lipinski definition) is 1. The molecule has 0 aliphatic rings. The SMILES string of the molecule is Cc1ccccc1NCc1cc(Br)ccc1OCc1cccc(F)c1. The van der Waals surface area contributed by atoms with Crippen molar-refractivity contribution < 1.29 is 9.13 Å². The van der Waals surface area contributed by atoms with Gasteiger partial charge in [-0.1, -0.05) is 46.3 Å². The molecule has 0 heterocycles. The molecule has 1 N–H and O–H groups in total. The molecule has 25 heavy (non-hydrogen) atoms. The smallest absolute Gasteiger partial charge is 0.124 e. The van der Waals surface area contributed by atoms with Crippen molar-refractivity contribution in [1.82, 2.24) is 0 Å². The van der Waals surface area contributed by atoms with E-state index in [0.29, 0.717) is 13.2 Å². The molecule has 0 unspecified atom stereocenters. The van der Waals surface area contributed by atoms with E-state index in [9.17, 15) is 4.39 Å². The number of benzene rings is 3. The van der Waals surface area contributed by atoms with E-state index in [-0.39, 0.29) is 5.82 Å². The minimum Gasteiger partial charge on any atom is -0.489 e. The highest BCUT2D eigenvalue weighted by Crippen LogP contribution is 2.26. The van der Waals surface area contributed by atoms with Crippen molar-refractivity contribution in [2.45, 2.75) is 20.1 Å². The molecule has 3 aromatic rings. The van der Waals surface area contributed by atoms with Crippen molar-refractivity contribution in [3.8, 4) is 5.75 Å². The minimum absolute atomic E-state index is 0.252. The Bertz CT molecular complexity index is 866. The molecule has 0 radical (unpaired) electrons. The topological polar surface area (TPSA) is 21.3 Å². The Balaban J connectivity index is 1.73. The van der Waals surface area contributed by atoms with Gasteiger partial charge in [0.05, 0.1) is 0 Å². The third-order valence-electron chi connectivity index (χ3n) is 3.92. The molecule has 0 aliphatic carbocycles. The average molecular weight is 400 g/mol. The van der Waals surface area contributed by atoms with Crippen molar-refractivity contribution in [3.05, 3.63) is 93.7 Å². The molecule has 3 rings (SSSR count). The van der Waals surface area contributed by atoms with Crippen molar-refractivity contribution in [2.24, 2.45) is 0 Å². The third-order valence-corrected chi connectivity index (χ3v) is 4.41.